The molecule has 0 fully saturated rings. The predicted octanol–water partition coefficient (Wildman–Crippen LogP) is 3.61. The fourth-order valence-electron chi connectivity index (χ4n) is 2.38. The van der Waals surface area contributed by atoms with Gasteiger partial charge < -0.3 is 4.57 Å². The maximum absolute atomic E-state index is 4.34. The van der Waals surface area contributed by atoms with E-state index in [1.54, 1.807) is 0 Å². The van der Waals surface area contributed by atoms with Gasteiger partial charge in [-0.15, -0.1) is 0 Å². The van der Waals surface area contributed by atoms with Gasteiger partial charge in [-0.1, -0.05) is 6.92 Å². The van der Waals surface area contributed by atoms with Crippen LogP contribution in [0.15, 0.2) is 35.5 Å². The molecule has 0 spiro atoms. The van der Waals surface area contributed by atoms with Crippen LogP contribution in [0, 0.1) is 0 Å². The van der Waals surface area contributed by atoms with Crippen molar-refractivity contribution in [1.82, 2.24) is 19.3 Å². The van der Waals surface area contributed by atoms with Crippen molar-refractivity contribution in [2.75, 3.05) is 0 Å². The van der Waals surface area contributed by atoms with Gasteiger partial charge in [0, 0.05) is 42.5 Å². The Morgan fingerprint density at radius 1 is 1.26 bits per heavy atom. The van der Waals surface area contributed by atoms with E-state index in [0.717, 1.165) is 23.1 Å². The van der Waals surface area contributed by atoms with Crippen molar-refractivity contribution in [3.8, 4) is 11.1 Å². The van der Waals surface area contributed by atoms with Crippen LogP contribution in [0.1, 0.15) is 13.3 Å². The molecule has 0 radical (unpaired) electrons. The number of pyridine rings is 1. The Hall–Kier alpha value is -1.62. The van der Waals surface area contributed by atoms with E-state index in [0.29, 0.717) is 0 Å². The Labute approximate surface area is 120 Å². The maximum atomic E-state index is 4.34. The Bertz CT molecular complexity index is 726. The molecule has 0 saturated heterocycles. The highest BCUT2D eigenvalue weighted by atomic mass is 79.9. The summed E-state index contributed by atoms with van der Waals surface area (Å²) >= 11 is 3.45. The fourth-order valence-corrected chi connectivity index (χ4v) is 2.71. The van der Waals surface area contributed by atoms with Gasteiger partial charge >= 0.3 is 0 Å². The molecule has 0 N–H and O–H groups in total. The van der Waals surface area contributed by atoms with Crippen LogP contribution >= 0.6 is 15.9 Å². The second-order valence-electron chi connectivity index (χ2n) is 4.66. The van der Waals surface area contributed by atoms with Crippen LogP contribution in [0.25, 0.3) is 22.0 Å². The van der Waals surface area contributed by atoms with E-state index >= 15 is 0 Å². The van der Waals surface area contributed by atoms with Crippen LogP contribution in [0.4, 0.5) is 0 Å². The number of halogens is 1. The van der Waals surface area contributed by atoms with Gasteiger partial charge in [-0.25, -0.2) is 4.98 Å². The van der Waals surface area contributed by atoms with E-state index in [4.69, 9.17) is 0 Å². The average molecular weight is 319 g/mol. The van der Waals surface area contributed by atoms with Gasteiger partial charge in [0.2, 0.25) is 0 Å². The van der Waals surface area contributed by atoms with E-state index in [-0.39, 0.29) is 0 Å². The Balaban J connectivity index is 2.25. The smallest absolute Gasteiger partial charge is 0.106 e. The minimum atomic E-state index is 0.861. The molecule has 3 heterocycles. The van der Waals surface area contributed by atoms with Gasteiger partial charge in [-0.05, 0) is 28.4 Å². The van der Waals surface area contributed by atoms with Gasteiger partial charge in [0.25, 0.3) is 0 Å². The van der Waals surface area contributed by atoms with Crippen molar-refractivity contribution in [2.45, 2.75) is 19.9 Å². The monoisotopic (exact) mass is 318 g/mol. The maximum Gasteiger partial charge on any atom is 0.106 e. The zero-order chi connectivity index (χ0) is 13.4. The lowest BCUT2D eigenvalue weighted by Crippen LogP contribution is -1.93. The van der Waals surface area contributed by atoms with E-state index in [9.17, 15) is 0 Å². The molecule has 4 nitrogen and oxygen atoms in total. The number of aromatic nitrogens is 4. The zero-order valence-electron chi connectivity index (χ0n) is 11.0. The summed E-state index contributed by atoms with van der Waals surface area (Å²) in [5.74, 6) is 0. The number of hydrogen-bond donors (Lipinski definition) is 0. The van der Waals surface area contributed by atoms with Gasteiger partial charge in [0.1, 0.15) is 4.60 Å². The van der Waals surface area contributed by atoms with E-state index in [1.165, 1.54) is 16.5 Å². The Morgan fingerprint density at radius 3 is 2.79 bits per heavy atom. The molecule has 0 amide bonds. The summed E-state index contributed by atoms with van der Waals surface area (Å²) in [7, 11) is 1.94. The molecule has 3 rings (SSSR count). The average Bonchev–Trinajstić information content (AvgIpc) is 2.94. The third-order valence-corrected chi connectivity index (χ3v) is 3.65. The van der Waals surface area contributed by atoms with Crippen molar-refractivity contribution in [2.24, 2.45) is 7.05 Å². The topological polar surface area (TPSA) is 35.6 Å². The van der Waals surface area contributed by atoms with Gasteiger partial charge in [-0.2, -0.15) is 5.10 Å². The summed E-state index contributed by atoms with van der Waals surface area (Å²) in [6, 6.07) is 2.07. The molecule has 98 valence electrons. The first kappa shape index (κ1) is 12.4. The van der Waals surface area contributed by atoms with E-state index < -0.39 is 0 Å². The van der Waals surface area contributed by atoms with Gasteiger partial charge in [0.05, 0.1) is 17.9 Å². The van der Waals surface area contributed by atoms with Crippen LogP contribution in [0.3, 0.4) is 0 Å². The Morgan fingerprint density at radius 2 is 2.11 bits per heavy atom. The van der Waals surface area contributed by atoms with Crippen molar-refractivity contribution in [1.29, 1.82) is 0 Å². The van der Waals surface area contributed by atoms with Crippen LogP contribution in [-0.4, -0.2) is 19.3 Å². The van der Waals surface area contributed by atoms with E-state index in [1.807, 2.05) is 30.3 Å². The molecule has 0 aromatic carbocycles. The SMILES string of the molecule is CCCn1cc(-c2cnn(C)c2)c2cc(Br)ncc21. The summed E-state index contributed by atoms with van der Waals surface area (Å²) in [4.78, 5) is 4.34. The summed E-state index contributed by atoms with van der Waals surface area (Å²) < 4.78 is 4.95. The highest BCUT2D eigenvalue weighted by Gasteiger charge is 2.12. The van der Waals surface area contributed by atoms with E-state index in [2.05, 4.69) is 49.8 Å². The molecule has 0 atom stereocenters. The van der Waals surface area contributed by atoms with Crippen molar-refractivity contribution in [3.05, 3.63) is 35.5 Å². The minimum Gasteiger partial charge on any atom is -0.346 e. The van der Waals surface area contributed by atoms with Crippen molar-refractivity contribution >= 4 is 26.8 Å². The Kier molecular flexibility index (Phi) is 3.14. The third kappa shape index (κ3) is 2.18. The molecular formula is C14H15BrN4. The fraction of sp³-hybridized carbons (Fsp3) is 0.286. The summed E-state index contributed by atoms with van der Waals surface area (Å²) in [6.07, 6.45) is 9.17. The second kappa shape index (κ2) is 4.81. The second-order valence-corrected chi connectivity index (χ2v) is 5.48. The lowest BCUT2D eigenvalue weighted by molar-refractivity contribution is 0.703. The van der Waals surface area contributed by atoms with Crippen LogP contribution in [0.2, 0.25) is 0 Å². The molecule has 0 saturated carbocycles. The predicted molar refractivity (Wildman–Crippen MR) is 79.9 cm³/mol. The lowest BCUT2D eigenvalue weighted by atomic mass is 10.1. The third-order valence-electron chi connectivity index (χ3n) is 3.21. The molecule has 19 heavy (non-hydrogen) atoms. The van der Waals surface area contributed by atoms with Crippen LogP contribution < -0.4 is 0 Å². The first-order chi connectivity index (χ1) is 9.19. The zero-order valence-corrected chi connectivity index (χ0v) is 12.6. The highest BCUT2D eigenvalue weighted by molar-refractivity contribution is 9.10. The van der Waals surface area contributed by atoms with Crippen LogP contribution in [0.5, 0.6) is 0 Å². The van der Waals surface area contributed by atoms with Crippen LogP contribution in [-0.2, 0) is 13.6 Å². The molecular weight excluding hydrogens is 304 g/mol. The number of aryl methyl sites for hydroxylation is 2. The summed E-state index contributed by atoms with van der Waals surface area (Å²) in [6.45, 7) is 3.18. The number of hydrogen-bond acceptors (Lipinski definition) is 2. The molecule has 0 aliphatic carbocycles. The molecule has 0 unspecified atom stereocenters. The summed E-state index contributed by atoms with van der Waals surface area (Å²) in [5.41, 5.74) is 3.52. The lowest BCUT2D eigenvalue weighted by Gasteiger charge is -2.01. The van der Waals surface area contributed by atoms with Crippen molar-refractivity contribution in [3.63, 3.8) is 0 Å². The standard InChI is InChI=1S/C14H15BrN4/c1-3-4-19-9-12(10-6-17-18(2)8-10)11-5-14(15)16-7-13(11)19/h5-9H,3-4H2,1-2H3. The molecule has 3 aromatic rings. The molecule has 3 aromatic heterocycles. The molecule has 0 aliphatic heterocycles. The number of nitrogens with zero attached hydrogens (tertiary/aromatic N) is 4. The number of fused-ring (bicyclic) bond motifs is 1. The highest BCUT2D eigenvalue weighted by Crippen LogP contribution is 2.31. The first-order valence-corrected chi connectivity index (χ1v) is 7.11. The molecule has 0 aliphatic rings. The molecule has 0 bridgehead atoms. The normalized spacial score (nSPS) is 11.3. The summed E-state index contributed by atoms with van der Waals surface area (Å²) in [5, 5.41) is 5.47. The van der Waals surface area contributed by atoms with Crippen molar-refractivity contribution < 1.29 is 0 Å². The molecule has 5 heteroatoms. The first-order valence-electron chi connectivity index (χ1n) is 6.32. The quantitative estimate of drug-likeness (QED) is 0.691. The minimum absolute atomic E-state index is 0.861. The number of rotatable bonds is 3. The largest absolute Gasteiger partial charge is 0.346 e. The van der Waals surface area contributed by atoms with Gasteiger partial charge in [-0.3, -0.25) is 4.68 Å². The van der Waals surface area contributed by atoms with Gasteiger partial charge in [0.15, 0.2) is 0 Å².